The second-order valence-electron chi connectivity index (χ2n) is 3.56. The van der Waals surface area contributed by atoms with Gasteiger partial charge in [0.05, 0.1) is 5.69 Å². The van der Waals surface area contributed by atoms with Crippen LogP contribution >= 0.6 is 0 Å². The molecule has 0 radical (unpaired) electrons. The number of nitrogens with one attached hydrogen (secondary N) is 1. The summed E-state index contributed by atoms with van der Waals surface area (Å²) in [6.07, 6.45) is 0. The molecule has 7 heteroatoms. The van der Waals surface area contributed by atoms with Gasteiger partial charge in [-0.1, -0.05) is 0 Å². The summed E-state index contributed by atoms with van der Waals surface area (Å²) in [6.45, 7) is -0.260. The number of amides is 2. The number of nitrogen functional groups attached to an aromatic ring is 1. The number of anilines is 2. The monoisotopic (exact) mass is 236 g/mol. The second kappa shape index (κ2) is 4.30. The van der Waals surface area contributed by atoms with Gasteiger partial charge >= 0.3 is 0 Å². The van der Waals surface area contributed by atoms with Crippen LogP contribution in [-0.2, 0) is 9.59 Å². The van der Waals surface area contributed by atoms with Gasteiger partial charge in [-0.25, -0.2) is 5.84 Å². The van der Waals surface area contributed by atoms with Crippen molar-refractivity contribution >= 4 is 23.2 Å². The Bertz CT molecular complexity index is 475. The van der Waals surface area contributed by atoms with Crippen molar-refractivity contribution in [2.45, 2.75) is 0 Å². The summed E-state index contributed by atoms with van der Waals surface area (Å²) < 4.78 is 5.23. The van der Waals surface area contributed by atoms with Gasteiger partial charge in [0.15, 0.2) is 6.61 Å². The molecule has 1 aromatic rings. The quantitative estimate of drug-likeness (QED) is 0.263. The molecule has 1 aliphatic heterocycles. The van der Waals surface area contributed by atoms with Gasteiger partial charge in [0.25, 0.3) is 11.8 Å². The molecule has 7 nitrogen and oxygen atoms in total. The lowest BCUT2D eigenvalue weighted by molar-refractivity contribution is -0.125. The van der Waals surface area contributed by atoms with Crippen LogP contribution in [0.3, 0.4) is 0 Å². The minimum atomic E-state index is -0.456. The van der Waals surface area contributed by atoms with E-state index in [9.17, 15) is 9.59 Å². The largest absolute Gasteiger partial charge is 0.481 e. The summed E-state index contributed by atoms with van der Waals surface area (Å²) >= 11 is 0. The number of rotatable bonds is 2. The fourth-order valence-electron chi connectivity index (χ4n) is 1.58. The van der Waals surface area contributed by atoms with E-state index in [0.717, 1.165) is 0 Å². The van der Waals surface area contributed by atoms with E-state index in [4.69, 9.17) is 16.3 Å². The lowest BCUT2D eigenvalue weighted by Crippen LogP contribution is -2.46. The molecular formula is C10H12N4O3. The van der Waals surface area contributed by atoms with Crippen molar-refractivity contribution in [2.75, 3.05) is 23.8 Å². The van der Waals surface area contributed by atoms with Gasteiger partial charge in [-0.3, -0.25) is 19.9 Å². The van der Waals surface area contributed by atoms with Gasteiger partial charge in [0, 0.05) is 11.8 Å². The first-order valence-corrected chi connectivity index (χ1v) is 4.94. The third-order valence-corrected chi connectivity index (χ3v) is 2.39. The molecule has 2 rings (SSSR count). The topological polar surface area (TPSA) is 111 Å². The van der Waals surface area contributed by atoms with E-state index >= 15 is 0 Å². The van der Waals surface area contributed by atoms with E-state index in [2.05, 4.69) is 0 Å². The van der Waals surface area contributed by atoms with Crippen molar-refractivity contribution in [3.63, 3.8) is 0 Å². The highest BCUT2D eigenvalue weighted by Gasteiger charge is 2.27. The van der Waals surface area contributed by atoms with Gasteiger partial charge in [0.1, 0.15) is 12.3 Å². The zero-order valence-electron chi connectivity index (χ0n) is 8.97. The third-order valence-electron chi connectivity index (χ3n) is 2.39. The molecule has 17 heavy (non-hydrogen) atoms. The molecule has 5 N–H and O–H groups in total. The number of nitrogens with zero attached hydrogens (tertiary/aromatic N) is 1. The molecule has 1 heterocycles. The standard InChI is InChI=1S/C10H12N4O3/c11-6-1-2-7-8(3-6)17-5-10(16)14(7)4-9(15)13-12/h1-3H,4-5,11-12H2,(H,13,15). The zero-order chi connectivity index (χ0) is 12.4. The van der Waals surface area contributed by atoms with E-state index in [1.807, 2.05) is 5.43 Å². The normalized spacial score (nSPS) is 13.9. The van der Waals surface area contributed by atoms with Crippen molar-refractivity contribution < 1.29 is 14.3 Å². The molecule has 1 aliphatic rings. The fraction of sp³-hybridized carbons (Fsp3) is 0.200. The third kappa shape index (κ3) is 2.13. The van der Waals surface area contributed by atoms with Crippen LogP contribution in [0.4, 0.5) is 11.4 Å². The summed E-state index contributed by atoms with van der Waals surface area (Å²) in [5.41, 5.74) is 8.63. The van der Waals surface area contributed by atoms with Gasteiger partial charge in [-0.15, -0.1) is 0 Å². The summed E-state index contributed by atoms with van der Waals surface area (Å²) in [6, 6.07) is 4.87. The number of fused-ring (bicyclic) bond motifs is 1. The number of ether oxygens (including phenoxy) is 1. The van der Waals surface area contributed by atoms with Crippen LogP contribution in [-0.4, -0.2) is 25.0 Å². The number of nitrogens with two attached hydrogens (primary N) is 2. The van der Waals surface area contributed by atoms with Gasteiger partial charge in [-0.2, -0.15) is 0 Å². The maximum absolute atomic E-state index is 11.6. The predicted molar refractivity (Wildman–Crippen MR) is 61.0 cm³/mol. The Kier molecular flexibility index (Phi) is 2.84. The van der Waals surface area contributed by atoms with Crippen LogP contribution in [0.5, 0.6) is 5.75 Å². The highest BCUT2D eigenvalue weighted by molar-refractivity contribution is 6.02. The van der Waals surface area contributed by atoms with Gasteiger partial charge in [0.2, 0.25) is 0 Å². The Hall–Kier alpha value is -2.28. The first-order chi connectivity index (χ1) is 8.11. The van der Waals surface area contributed by atoms with E-state index in [1.165, 1.54) is 4.90 Å². The molecule has 1 aromatic carbocycles. The van der Waals surface area contributed by atoms with E-state index in [-0.39, 0.29) is 19.1 Å². The summed E-state index contributed by atoms with van der Waals surface area (Å²) in [7, 11) is 0. The first kappa shape index (κ1) is 11.2. The number of benzene rings is 1. The lowest BCUT2D eigenvalue weighted by Gasteiger charge is -2.28. The van der Waals surface area contributed by atoms with Gasteiger partial charge in [-0.05, 0) is 12.1 Å². The number of hydrogen-bond acceptors (Lipinski definition) is 5. The maximum Gasteiger partial charge on any atom is 0.265 e. The number of hydrazine groups is 1. The van der Waals surface area contributed by atoms with Gasteiger partial charge < -0.3 is 10.5 Å². The Balaban J connectivity index is 2.33. The molecule has 0 bridgehead atoms. The Morgan fingerprint density at radius 3 is 3.00 bits per heavy atom. The van der Waals surface area contributed by atoms with Crippen LogP contribution < -0.4 is 26.6 Å². The van der Waals surface area contributed by atoms with E-state index < -0.39 is 5.91 Å². The van der Waals surface area contributed by atoms with Crippen molar-refractivity contribution in [3.05, 3.63) is 18.2 Å². The molecule has 0 atom stereocenters. The molecule has 0 aromatic heterocycles. The Labute approximate surface area is 97.3 Å². The van der Waals surface area contributed by atoms with Crippen LogP contribution in [0, 0.1) is 0 Å². The van der Waals surface area contributed by atoms with Crippen LogP contribution in [0.1, 0.15) is 0 Å². The molecule has 0 fully saturated rings. The Morgan fingerprint density at radius 1 is 1.53 bits per heavy atom. The zero-order valence-corrected chi connectivity index (χ0v) is 8.97. The maximum atomic E-state index is 11.6. The van der Waals surface area contributed by atoms with E-state index in [0.29, 0.717) is 17.1 Å². The molecule has 0 spiro atoms. The minimum Gasteiger partial charge on any atom is -0.481 e. The second-order valence-corrected chi connectivity index (χ2v) is 3.56. The molecular weight excluding hydrogens is 224 g/mol. The minimum absolute atomic E-state index is 0.117. The summed E-state index contributed by atoms with van der Waals surface area (Å²) in [4.78, 5) is 24.2. The highest BCUT2D eigenvalue weighted by Crippen LogP contribution is 2.33. The Morgan fingerprint density at radius 2 is 2.29 bits per heavy atom. The average Bonchev–Trinajstić information content (AvgIpc) is 2.32. The number of hydrogen-bond donors (Lipinski definition) is 3. The number of carbonyl (C=O) groups excluding carboxylic acids is 2. The van der Waals surface area contributed by atoms with Crippen molar-refractivity contribution in [2.24, 2.45) is 5.84 Å². The highest BCUT2D eigenvalue weighted by atomic mass is 16.5. The molecule has 0 aliphatic carbocycles. The smallest absolute Gasteiger partial charge is 0.265 e. The molecule has 0 saturated carbocycles. The summed E-state index contributed by atoms with van der Waals surface area (Å²) in [5.74, 6) is 4.72. The van der Waals surface area contributed by atoms with Crippen molar-refractivity contribution in [1.82, 2.24) is 5.43 Å². The van der Waals surface area contributed by atoms with Crippen molar-refractivity contribution in [3.8, 4) is 5.75 Å². The summed E-state index contributed by atoms with van der Waals surface area (Å²) in [5, 5.41) is 0. The fourth-order valence-corrected chi connectivity index (χ4v) is 1.58. The van der Waals surface area contributed by atoms with Crippen molar-refractivity contribution in [1.29, 1.82) is 0 Å². The first-order valence-electron chi connectivity index (χ1n) is 4.94. The average molecular weight is 236 g/mol. The van der Waals surface area contributed by atoms with E-state index in [1.54, 1.807) is 18.2 Å². The number of carbonyl (C=O) groups is 2. The molecule has 90 valence electrons. The molecule has 2 amide bonds. The van der Waals surface area contributed by atoms with Crippen LogP contribution in [0.15, 0.2) is 18.2 Å². The SMILES string of the molecule is NNC(=O)CN1C(=O)COc2cc(N)ccc21. The molecule has 0 saturated heterocycles. The predicted octanol–water partition coefficient (Wildman–Crippen LogP) is -1.02. The van der Waals surface area contributed by atoms with Crippen LogP contribution in [0.2, 0.25) is 0 Å². The lowest BCUT2D eigenvalue weighted by atomic mass is 10.2. The molecule has 0 unspecified atom stereocenters. The van der Waals surface area contributed by atoms with Crippen LogP contribution in [0.25, 0.3) is 0 Å².